The molecule has 3 rings (SSSR count). The fraction of sp³-hybridized carbons (Fsp3) is 0.294. The van der Waals surface area contributed by atoms with Crippen LogP contribution in [-0.2, 0) is 0 Å². The third kappa shape index (κ3) is 3.43. The standard InChI is InChI=1S/C17H20N4OS/c1-3-12(18)9-19-17-16-14(20-10-21-17)8-15(23-16)11-4-6-13(22-2)7-5-11/h4-8,10,12H,3,9,18H2,1-2H3,(H,19,20,21)/t12-/m1/s1. The lowest BCUT2D eigenvalue weighted by Gasteiger charge is -2.10. The van der Waals surface area contributed by atoms with Crippen molar-refractivity contribution in [1.29, 1.82) is 0 Å². The van der Waals surface area contributed by atoms with E-state index in [1.165, 1.54) is 0 Å². The smallest absolute Gasteiger partial charge is 0.147 e. The molecule has 0 spiro atoms. The molecule has 0 saturated heterocycles. The molecule has 0 aliphatic carbocycles. The van der Waals surface area contributed by atoms with E-state index in [0.717, 1.165) is 38.6 Å². The minimum Gasteiger partial charge on any atom is -0.497 e. The van der Waals surface area contributed by atoms with E-state index in [-0.39, 0.29) is 6.04 Å². The number of benzene rings is 1. The SMILES string of the molecule is CC[C@@H](N)CNc1ncnc2cc(-c3ccc(OC)cc3)sc12. The van der Waals surface area contributed by atoms with E-state index in [1.54, 1.807) is 24.8 Å². The van der Waals surface area contributed by atoms with Gasteiger partial charge in [-0.25, -0.2) is 9.97 Å². The highest BCUT2D eigenvalue weighted by molar-refractivity contribution is 7.22. The lowest BCUT2D eigenvalue weighted by atomic mass is 10.2. The van der Waals surface area contributed by atoms with Crippen molar-refractivity contribution < 1.29 is 4.74 Å². The van der Waals surface area contributed by atoms with E-state index < -0.39 is 0 Å². The van der Waals surface area contributed by atoms with Crippen LogP contribution in [0.15, 0.2) is 36.7 Å². The Balaban J connectivity index is 1.91. The van der Waals surface area contributed by atoms with Crippen molar-refractivity contribution in [2.75, 3.05) is 19.0 Å². The van der Waals surface area contributed by atoms with Crippen molar-refractivity contribution in [2.45, 2.75) is 19.4 Å². The molecule has 6 heteroatoms. The van der Waals surface area contributed by atoms with Crippen LogP contribution in [0.2, 0.25) is 0 Å². The molecule has 0 aliphatic rings. The lowest BCUT2D eigenvalue weighted by molar-refractivity contribution is 0.415. The van der Waals surface area contributed by atoms with Crippen molar-refractivity contribution in [3.63, 3.8) is 0 Å². The van der Waals surface area contributed by atoms with Gasteiger partial charge in [-0.15, -0.1) is 11.3 Å². The Morgan fingerprint density at radius 1 is 1.26 bits per heavy atom. The van der Waals surface area contributed by atoms with Gasteiger partial charge >= 0.3 is 0 Å². The number of ether oxygens (including phenoxy) is 1. The highest BCUT2D eigenvalue weighted by Gasteiger charge is 2.11. The molecule has 3 aromatic rings. The number of hydrogen-bond acceptors (Lipinski definition) is 6. The summed E-state index contributed by atoms with van der Waals surface area (Å²) in [7, 11) is 1.67. The summed E-state index contributed by atoms with van der Waals surface area (Å²) in [6, 6.07) is 10.2. The summed E-state index contributed by atoms with van der Waals surface area (Å²) in [5.74, 6) is 1.70. The molecule has 0 unspecified atom stereocenters. The zero-order valence-corrected chi connectivity index (χ0v) is 14.1. The van der Waals surface area contributed by atoms with Crippen molar-refractivity contribution in [1.82, 2.24) is 9.97 Å². The zero-order valence-electron chi connectivity index (χ0n) is 13.2. The molecule has 1 atom stereocenters. The summed E-state index contributed by atoms with van der Waals surface area (Å²) in [5.41, 5.74) is 8.07. The summed E-state index contributed by atoms with van der Waals surface area (Å²) in [6.45, 7) is 2.78. The number of nitrogens with two attached hydrogens (primary N) is 1. The summed E-state index contributed by atoms with van der Waals surface area (Å²) < 4.78 is 6.26. The number of fused-ring (bicyclic) bond motifs is 1. The van der Waals surface area contributed by atoms with Gasteiger partial charge < -0.3 is 15.8 Å². The predicted molar refractivity (Wildman–Crippen MR) is 96.2 cm³/mol. The molecule has 2 aromatic heterocycles. The van der Waals surface area contributed by atoms with Crippen LogP contribution in [0.1, 0.15) is 13.3 Å². The Labute approximate surface area is 139 Å². The minimum absolute atomic E-state index is 0.126. The predicted octanol–water partition coefficient (Wildman–Crippen LogP) is 3.52. The van der Waals surface area contributed by atoms with Gasteiger partial charge in [0.15, 0.2) is 0 Å². The van der Waals surface area contributed by atoms with Crippen LogP contribution in [0.3, 0.4) is 0 Å². The van der Waals surface area contributed by atoms with E-state index >= 15 is 0 Å². The minimum atomic E-state index is 0.126. The van der Waals surface area contributed by atoms with E-state index in [1.807, 2.05) is 12.1 Å². The van der Waals surface area contributed by atoms with E-state index in [0.29, 0.717) is 6.54 Å². The molecule has 0 radical (unpaired) electrons. The molecule has 0 bridgehead atoms. The average molecular weight is 328 g/mol. The second-order valence-corrected chi connectivity index (χ2v) is 6.38. The number of rotatable bonds is 6. The molecule has 120 valence electrons. The maximum Gasteiger partial charge on any atom is 0.147 e. The Bertz CT molecular complexity index is 785. The monoisotopic (exact) mass is 328 g/mol. The number of aromatic nitrogens is 2. The van der Waals surface area contributed by atoms with Crippen LogP contribution in [-0.4, -0.2) is 29.7 Å². The van der Waals surface area contributed by atoms with Gasteiger partial charge in [-0.05, 0) is 42.3 Å². The highest BCUT2D eigenvalue weighted by Crippen LogP contribution is 2.36. The quantitative estimate of drug-likeness (QED) is 0.724. The lowest BCUT2D eigenvalue weighted by Crippen LogP contribution is -2.28. The van der Waals surface area contributed by atoms with Gasteiger partial charge in [-0.3, -0.25) is 0 Å². The molecule has 1 aromatic carbocycles. The van der Waals surface area contributed by atoms with Crippen molar-refractivity contribution >= 4 is 27.4 Å². The number of nitrogens with zero attached hydrogens (tertiary/aromatic N) is 2. The number of nitrogens with one attached hydrogen (secondary N) is 1. The Hall–Kier alpha value is -2.18. The van der Waals surface area contributed by atoms with Crippen LogP contribution in [0, 0.1) is 0 Å². The van der Waals surface area contributed by atoms with Gasteiger partial charge in [0, 0.05) is 17.5 Å². The molecular weight excluding hydrogens is 308 g/mol. The van der Waals surface area contributed by atoms with Gasteiger partial charge in [0.1, 0.15) is 17.9 Å². The van der Waals surface area contributed by atoms with Gasteiger partial charge in [0.25, 0.3) is 0 Å². The Morgan fingerprint density at radius 2 is 2.04 bits per heavy atom. The van der Waals surface area contributed by atoms with Crippen LogP contribution < -0.4 is 15.8 Å². The van der Waals surface area contributed by atoms with Crippen LogP contribution in [0.25, 0.3) is 20.7 Å². The van der Waals surface area contributed by atoms with Crippen LogP contribution >= 0.6 is 11.3 Å². The topological polar surface area (TPSA) is 73.1 Å². The Morgan fingerprint density at radius 3 is 2.74 bits per heavy atom. The maximum absolute atomic E-state index is 5.97. The van der Waals surface area contributed by atoms with Crippen molar-refractivity contribution in [3.8, 4) is 16.2 Å². The molecule has 0 saturated carbocycles. The van der Waals surface area contributed by atoms with Gasteiger partial charge in [0.05, 0.1) is 17.3 Å². The normalized spacial score (nSPS) is 12.3. The first-order valence-electron chi connectivity index (χ1n) is 7.59. The fourth-order valence-corrected chi connectivity index (χ4v) is 3.33. The third-order valence-electron chi connectivity index (χ3n) is 3.74. The molecule has 0 aliphatic heterocycles. The van der Waals surface area contributed by atoms with E-state index in [9.17, 15) is 0 Å². The third-order valence-corrected chi connectivity index (χ3v) is 4.92. The van der Waals surface area contributed by atoms with Gasteiger partial charge in [-0.1, -0.05) is 6.92 Å². The van der Waals surface area contributed by atoms with Crippen molar-refractivity contribution in [2.24, 2.45) is 5.73 Å². The molecule has 23 heavy (non-hydrogen) atoms. The summed E-state index contributed by atoms with van der Waals surface area (Å²) in [6.07, 6.45) is 2.52. The first-order chi connectivity index (χ1) is 11.2. The zero-order chi connectivity index (χ0) is 16.2. The number of hydrogen-bond donors (Lipinski definition) is 2. The maximum atomic E-state index is 5.97. The molecule has 0 fully saturated rings. The first-order valence-corrected chi connectivity index (χ1v) is 8.41. The average Bonchev–Trinajstić information content (AvgIpc) is 3.04. The summed E-state index contributed by atoms with van der Waals surface area (Å²) >= 11 is 1.68. The molecule has 5 nitrogen and oxygen atoms in total. The second kappa shape index (κ2) is 6.93. The number of anilines is 1. The molecule has 3 N–H and O–H groups in total. The van der Waals surface area contributed by atoms with Crippen LogP contribution in [0.4, 0.5) is 5.82 Å². The van der Waals surface area contributed by atoms with E-state index in [2.05, 4.69) is 40.4 Å². The highest BCUT2D eigenvalue weighted by atomic mass is 32.1. The Kier molecular flexibility index (Phi) is 4.73. The summed E-state index contributed by atoms with van der Waals surface area (Å²) in [5, 5.41) is 3.34. The van der Waals surface area contributed by atoms with Gasteiger partial charge in [0.2, 0.25) is 0 Å². The largest absolute Gasteiger partial charge is 0.497 e. The van der Waals surface area contributed by atoms with E-state index in [4.69, 9.17) is 10.5 Å². The molecular formula is C17H20N4OS. The summed E-state index contributed by atoms with van der Waals surface area (Å²) in [4.78, 5) is 9.89. The fourth-order valence-electron chi connectivity index (χ4n) is 2.25. The number of methoxy groups -OCH3 is 1. The molecule has 0 amide bonds. The molecule has 2 heterocycles. The van der Waals surface area contributed by atoms with Crippen LogP contribution in [0.5, 0.6) is 5.75 Å². The van der Waals surface area contributed by atoms with Gasteiger partial charge in [-0.2, -0.15) is 0 Å². The number of thiophene rings is 1. The first kappa shape index (κ1) is 15.7. The van der Waals surface area contributed by atoms with Crippen molar-refractivity contribution in [3.05, 3.63) is 36.7 Å². The second-order valence-electron chi connectivity index (χ2n) is 5.33.